The summed E-state index contributed by atoms with van der Waals surface area (Å²) < 4.78 is 5.36. The quantitative estimate of drug-likeness (QED) is 0.422. The molecule has 1 aromatic heterocycles. The number of carboxylic acids is 1. The Bertz CT molecular complexity index is 1170. The Morgan fingerprint density at radius 3 is 2.89 bits per heavy atom. The van der Waals surface area contributed by atoms with Crippen molar-refractivity contribution in [3.63, 3.8) is 0 Å². The minimum Gasteiger partial charge on any atom is -0.481 e. The van der Waals surface area contributed by atoms with Gasteiger partial charge in [-0.05, 0) is 54.2 Å². The van der Waals surface area contributed by atoms with Crippen molar-refractivity contribution in [2.24, 2.45) is 17.8 Å². The van der Waals surface area contributed by atoms with Crippen LogP contribution in [0.1, 0.15) is 38.7 Å². The van der Waals surface area contributed by atoms with E-state index in [2.05, 4.69) is 63.6 Å². The molecule has 192 valence electrons. The molecule has 36 heavy (non-hydrogen) atoms. The summed E-state index contributed by atoms with van der Waals surface area (Å²) in [6.07, 6.45) is 8.76. The van der Waals surface area contributed by atoms with E-state index in [1.54, 1.807) is 13.3 Å². The van der Waals surface area contributed by atoms with Gasteiger partial charge in [-0.2, -0.15) is 4.98 Å². The van der Waals surface area contributed by atoms with Gasteiger partial charge in [0, 0.05) is 37.6 Å². The summed E-state index contributed by atoms with van der Waals surface area (Å²) in [5.74, 6) is -0.224. The van der Waals surface area contributed by atoms with Crippen molar-refractivity contribution in [3.8, 4) is 0 Å². The summed E-state index contributed by atoms with van der Waals surface area (Å²) in [5.41, 5.74) is 3.49. The van der Waals surface area contributed by atoms with E-state index in [1.807, 2.05) is 6.08 Å². The fourth-order valence-electron chi connectivity index (χ4n) is 6.02. The van der Waals surface area contributed by atoms with Gasteiger partial charge in [0.25, 0.3) is 0 Å². The zero-order chi connectivity index (χ0) is 25.4. The molecule has 2 aromatic rings. The summed E-state index contributed by atoms with van der Waals surface area (Å²) in [5, 5.41) is 16.8. The number of hydrogen-bond acceptors (Lipinski definition) is 7. The van der Waals surface area contributed by atoms with Crippen LogP contribution in [0.15, 0.2) is 36.5 Å². The molecule has 4 atom stereocenters. The molecule has 3 aliphatic rings. The Balaban J connectivity index is 1.39. The highest BCUT2D eigenvalue weighted by Gasteiger charge is 2.48. The number of ether oxygens (including phenoxy) is 1. The lowest BCUT2D eigenvalue weighted by molar-refractivity contribution is -0.142. The van der Waals surface area contributed by atoms with Crippen LogP contribution in [-0.2, 0) is 14.9 Å². The van der Waals surface area contributed by atoms with E-state index in [0.717, 1.165) is 38.0 Å². The summed E-state index contributed by atoms with van der Waals surface area (Å²) in [6.45, 7) is 7.08. The zero-order valence-corrected chi connectivity index (χ0v) is 21.8. The van der Waals surface area contributed by atoms with E-state index in [9.17, 15) is 9.90 Å². The minimum atomic E-state index is -0.793. The maximum Gasteiger partial charge on any atom is 0.309 e. The maximum absolute atomic E-state index is 11.9. The van der Waals surface area contributed by atoms with Gasteiger partial charge in [0.1, 0.15) is 5.02 Å². The van der Waals surface area contributed by atoms with Crippen LogP contribution in [0, 0.1) is 17.8 Å². The topological polar surface area (TPSA) is 99.6 Å². The second-order valence-electron chi connectivity index (χ2n) is 10.7. The largest absolute Gasteiger partial charge is 0.481 e. The summed E-state index contributed by atoms with van der Waals surface area (Å²) in [6, 6.07) is 6.16. The molecule has 8 nitrogen and oxygen atoms in total. The molecular weight excluding hydrogens is 478 g/mol. The van der Waals surface area contributed by atoms with Crippen LogP contribution in [0.2, 0.25) is 5.02 Å². The Hall–Kier alpha value is -2.84. The Morgan fingerprint density at radius 2 is 2.11 bits per heavy atom. The fourth-order valence-corrected chi connectivity index (χ4v) is 6.16. The number of fused-ring (bicyclic) bond motifs is 3. The number of rotatable bonds is 8. The molecule has 2 heterocycles. The van der Waals surface area contributed by atoms with E-state index in [1.165, 1.54) is 11.3 Å². The molecule has 2 aliphatic carbocycles. The number of anilines is 4. The number of nitrogens with one attached hydrogen (secondary N) is 2. The van der Waals surface area contributed by atoms with E-state index >= 15 is 0 Å². The smallest absolute Gasteiger partial charge is 0.309 e. The Labute approximate surface area is 217 Å². The van der Waals surface area contributed by atoms with Crippen molar-refractivity contribution in [3.05, 3.63) is 47.1 Å². The second-order valence-corrected chi connectivity index (χ2v) is 11.1. The molecule has 0 unspecified atom stereocenters. The molecule has 0 saturated heterocycles. The third-order valence-corrected chi connectivity index (χ3v) is 8.19. The second kappa shape index (κ2) is 9.90. The zero-order valence-electron chi connectivity index (χ0n) is 21.0. The molecule has 1 fully saturated rings. The van der Waals surface area contributed by atoms with Crippen LogP contribution >= 0.6 is 11.6 Å². The van der Waals surface area contributed by atoms with Crippen molar-refractivity contribution in [1.82, 2.24) is 9.97 Å². The van der Waals surface area contributed by atoms with Crippen molar-refractivity contribution >= 4 is 40.7 Å². The molecule has 0 spiro atoms. The third-order valence-electron chi connectivity index (χ3n) is 7.91. The van der Waals surface area contributed by atoms with Crippen molar-refractivity contribution < 1.29 is 14.6 Å². The van der Waals surface area contributed by atoms with Gasteiger partial charge >= 0.3 is 5.97 Å². The van der Waals surface area contributed by atoms with Gasteiger partial charge in [0.05, 0.1) is 18.7 Å². The first kappa shape index (κ1) is 24.8. The standard InChI is InChI=1S/C27H34ClN5O3/c1-27(2)9-4-10-33(11-12-36-3)21-14-18(7-8-19(21)27)30-26-29-15-20(28)24(32-26)31-23-17-6-5-16(13-17)22(23)25(34)35/h5-8,14-17,22-23H,4,9-13H2,1-3H3,(H,34,35)(H2,29,30,31,32)/t16-,17+,22+,23-/m1/s1. The number of aromatic nitrogens is 2. The third kappa shape index (κ3) is 4.76. The summed E-state index contributed by atoms with van der Waals surface area (Å²) >= 11 is 6.42. The van der Waals surface area contributed by atoms with Crippen molar-refractivity contribution in [2.45, 2.75) is 44.6 Å². The first-order chi connectivity index (χ1) is 17.3. The van der Waals surface area contributed by atoms with Gasteiger partial charge in [0.2, 0.25) is 5.95 Å². The molecule has 1 saturated carbocycles. The SMILES string of the molecule is COCCN1CCCC(C)(C)c2ccc(Nc3ncc(Cl)c(N[C@H]4[C@@H](C(=O)O)[C@@H]5C=C[C@H]4C5)n3)cc21. The number of carbonyl (C=O) groups is 1. The van der Waals surface area contributed by atoms with E-state index in [4.69, 9.17) is 16.3 Å². The van der Waals surface area contributed by atoms with Gasteiger partial charge in [-0.15, -0.1) is 0 Å². The average Bonchev–Trinajstić information content (AvgIpc) is 3.42. The molecule has 1 aliphatic heterocycles. The van der Waals surface area contributed by atoms with Gasteiger partial charge < -0.3 is 25.4 Å². The highest BCUT2D eigenvalue weighted by Crippen LogP contribution is 2.45. The number of benzene rings is 1. The van der Waals surface area contributed by atoms with Crippen LogP contribution in [0.25, 0.3) is 0 Å². The number of hydrogen-bond donors (Lipinski definition) is 3. The van der Waals surface area contributed by atoms with Crippen LogP contribution in [0.4, 0.5) is 23.1 Å². The monoisotopic (exact) mass is 511 g/mol. The van der Waals surface area contributed by atoms with E-state index in [-0.39, 0.29) is 23.3 Å². The van der Waals surface area contributed by atoms with Gasteiger partial charge in [0.15, 0.2) is 5.82 Å². The molecule has 0 amide bonds. The minimum absolute atomic E-state index is 0.0492. The maximum atomic E-state index is 11.9. The highest BCUT2D eigenvalue weighted by atomic mass is 35.5. The van der Waals surface area contributed by atoms with Crippen molar-refractivity contribution in [2.75, 3.05) is 42.3 Å². The molecule has 9 heteroatoms. The van der Waals surface area contributed by atoms with Gasteiger partial charge in [-0.25, -0.2) is 4.98 Å². The highest BCUT2D eigenvalue weighted by molar-refractivity contribution is 6.32. The lowest BCUT2D eigenvalue weighted by Gasteiger charge is -2.29. The average molecular weight is 512 g/mol. The summed E-state index contributed by atoms with van der Waals surface area (Å²) in [7, 11) is 1.73. The molecule has 2 bridgehead atoms. The van der Waals surface area contributed by atoms with E-state index < -0.39 is 11.9 Å². The summed E-state index contributed by atoms with van der Waals surface area (Å²) in [4.78, 5) is 23.3. The first-order valence-corrected chi connectivity index (χ1v) is 13.0. The van der Waals surface area contributed by atoms with Crippen molar-refractivity contribution in [1.29, 1.82) is 0 Å². The van der Waals surface area contributed by atoms with Crippen LogP contribution in [-0.4, -0.2) is 53.9 Å². The number of allylic oxidation sites excluding steroid dienone is 1. The molecule has 3 N–H and O–H groups in total. The lowest BCUT2D eigenvalue weighted by atomic mass is 9.80. The van der Waals surface area contributed by atoms with Crippen LogP contribution in [0.3, 0.4) is 0 Å². The lowest BCUT2D eigenvalue weighted by Crippen LogP contribution is -2.38. The Kier molecular flexibility index (Phi) is 6.83. The number of methoxy groups -OCH3 is 1. The van der Waals surface area contributed by atoms with E-state index in [0.29, 0.717) is 23.4 Å². The fraction of sp³-hybridized carbons (Fsp3) is 0.519. The van der Waals surface area contributed by atoms with Crippen LogP contribution in [0.5, 0.6) is 0 Å². The number of aliphatic carboxylic acids is 1. The number of nitrogens with zero attached hydrogens (tertiary/aromatic N) is 3. The number of carboxylic acid groups (broad SMARTS) is 1. The predicted octanol–water partition coefficient (Wildman–Crippen LogP) is 5.09. The number of halogens is 1. The normalized spacial score (nSPS) is 25.9. The Morgan fingerprint density at radius 1 is 1.31 bits per heavy atom. The molecule has 5 rings (SSSR count). The van der Waals surface area contributed by atoms with Crippen LogP contribution < -0.4 is 15.5 Å². The van der Waals surface area contributed by atoms with Gasteiger partial charge in [-0.3, -0.25) is 4.79 Å². The molecular formula is C27H34ClN5O3. The van der Waals surface area contributed by atoms with Gasteiger partial charge in [-0.1, -0.05) is 43.7 Å². The first-order valence-electron chi connectivity index (χ1n) is 12.6. The predicted molar refractivity (Wildman–Crippen MR) is 142 cm³/mol. The molecule has 0 radical (unpaired) electrons. The molecule has 1 aromatic carbocycles.